The van der Waals surface area contributed by atoms with Gasteiger partial charge in [-0.25, -0.2) is 14.6 Å². The predicted octanol–water partition coefficient (Wildman–Crippen LogP) is 2.76. The molecule has 0 radical (unpaired) electrons. The zero-order valence-corrected chi connectivity index (χ0v) is 12.1. The zero-order valence-electron chi connectivity index (χ0n) is 11.3. The van der Waals surface area contributed by atoms with E-state index in [1.807, 2.05) is 6.92 Å². The van der Waals surface area contributed by atoms with Crippen LogP contribution in [-0.2, 0) is 11.2 Å². The number of amides is 1. The van der Waals surface area contributed by atoms with Gasteiger partial charge in [-0.05, 0) is 19.4 Å². The minimum Gasteiger partial charge on any atom is -0.462 e. The number of carbonyl (C=O) groups is 2. The molecule has 0 saturated carbocycles. The molecule has 0 aromatic carbocycles. The molecule has 0 unspecified atom stereocenters. The van der Waals surface area contributed by atoms with E-state index in [9.17, 15) is 9.59 Å². The molecule has 2 rings (SSSR count). The van der Waals surface area contributed by atoms with Crippen molar-refractivity contribution < 1.29 is 14.3 Å². The average molecular weight is 293 g/mol. The third-order valence-corrected chi connectivity index (χ3v) is 3.78. The van der Waals surface area contributed by atoms with E-state index < -0.39 is 5.97 Å². The van der Waals surface area contributed by atoms with Crippen molar-refractivity contribution in [2.45, 2.75) is 20.3 Å². The van der Waals surface area contributed by atoms with E-state index in [0.717, 1.165) is 11.3 Å². The molecular formula is C13H15N3O3S. The Balaban J connectivity index is 2.23. The largest absolute Gasteiger partial charge is 0.462 e. The van der Waals surface area contributed by atoms with Crippen molar-refractivity contribution in [2.75, 3.05) is 11.9 Å². The first-order valence-corrected chi connectivity index (χ1v) is 7.06. The fourth-order valence-electron chi connectivity index (χ4n) is 1.61. The number of nitrogens with one attached hydrogen (secondary N) is 1. The van der Waals surface area contributed by atoms with Gasteiger partial charge in [0.2, 0.25) is 0 Å². The Morgan fingerprint density at radius 2 is 2.25 bits per heavy atom. The first-order chi connectivity index (χ1) is 9.65. The topological polar surface area (TPSA) is 73.2 Å². The second-order valence-electron chi connectivity index (χ2n) is 3.93. The molecule has 0 aliphatic heterocycles. The fourth-order valence-corrected chi connectivity index (χ4v) is 2.58. The fraction of sp³-hybridized carbons (Fsp3) is 0.308. The van der Waals surface area contributed by atoms with Crippen LogP contribution in [0.1, 0.15) is 29.1 Å². The highest BCUT2D eigenvalue weighted by Crippen LogP contribution is 2.29. The summed E-state index contributed by atoms with van der Waals surface area (Å²) < 4.78 is 6.30. The van der Waals surface area contributed by atoms with Crippen LogP contribution in [0.4, 0.5) is 9.80 Å². The van der Waals surface area contributed by atoms with Gasteiger partial charge in [-0.15, -0.1) is 11.3 Å². The van der Waals surface area contributed by atoms with Gasteiger partial charge in [-0.3, -0.25) is 9.88 Å². The molecule has 2 aromatic heterocycles. The summed E-state index contributed by atoms with van der Waals surface area (Å²) in [6.07, 6.45) is 5.23. The second-order valence-corrected chi connectivity index (χ2v) is 5.07. The number of hydrogen-bond donors (Lipinski definition) is 1. The molecule has 0 atom stereocenters. The molecule has 0 spiro atoms. The molecule has 1 N–H and O–H groups in total. The molecule has 0 bridgehead atoms. The molecule has 2 heterocycles. The van der Waals surface area contributed by atoms with Crippen molar-refractivity contribution in [3.63, 3.8) is 0 Å². The van der Waals surface area contributed by atoms with Crippen molar-refractivity contribution in [3.8, 4) is 0 Å². The van der Waals surface area contributed by atoms with Crippen molar-refractivity contribution in [1.82, 2.24) is 9.55 Å². The lowest BCUT2D eigenvalue weighted by Gasteiger charge is -2.05. The van der Waals surface area contributed by atoms with Crippen molar-refractivity contribution in [2.24, 2.45) is 0 Å². The molecule has 6 nitrogen and oxygen atoms in total. The third-order valence-electron chi connectivity index (χ3n) is 2.59. The maximum atomic E-state index is 12.0. The molecule has 0 aliphatic rings. The number of ether oxygens (including phenoxy) is 1. The number of nitrogens with zero attached hydrogens (tertiary/aromatic N) is 2. The van der Waals surface area contributed by atoms with E-state index in [2.05, 4.69) is 10.3 Å². The molecule has 0 fully saturated rings. The SMILES string of the molecule is CCOC(=O)c1cc(CC)sc1NC(=O)n1ccnc1. The number of aryl methyl sites for hydroxylation is 1. The lowest BCUT2D eigenvalue weighted by Crippen LogP contribution is -2.18. The maximum absolute atomic E-state index is 12.0. The number of rotatable bonds is 4. The van der Waals surface area contributed by atoms with Gasteiger partial charge < -0.3 is 4.74 Å². The quantitative estimate of drug-likeness (QED) is 0.880. The van der Waals surface area contributed by atoms with Gasteiger partial charge in [0.25, 0.3) is 0 Å². The van der Waals surface area contributed by atoms with E-state index in [4.69, 9.17) is 4.74 Å². The van der Waals surface area contributed by atoms with Crippen molar-refractivity contribution in [3.05, 3.63) is 35.2 Å². The first-order valence-electron chi connectivity index (χ1n) is 6.24. The Bertz CT molecular complexity index is 604. The normalized spacial score (nSPS) is 10.3. The minimum absolute atomic E-state index is 0.297. The van der Waals surface area contributed by atoms with E-state index in [1.165, 1.54) is 34.6 Å². The molecule has 1 amide bonds. The summed E-state index contributed by atoms with van der Waals surface area (Å²) in [5, 5.41) is 3.21. The smallest absolute Gasteiger partial charge is 0.341 e. The van der Waals surface area contributed by atoms with Gasteiger partial charge in [0, 0.05) is 17.3 Å². The lowest BCUT2D eigenvalue weighted by atomic mass is 10.2. The zero-order chi connectivity index (χ0) is 14.5. The van der Waals surface area contributed by atoms with Crippen LogP contribution in [0.25, 0.3) is 0 Å². The molecule has 20 heavy (non-hydrogen) atoms. The number of imidazole rings is 1. The van der Waals surface area contributed by atoms with E-state index in [-0.39, 0.29) is 6.03 Å². The van der Waals surface area contributed by atoms with E-state index in [0.29, 0.717) is 17.2 Å². The van der Waals surface area contributed by atoms with Crippen molar-refractivity contribution >= 4 is 28.3 Å². The predicted molar refractivity (Wildman–Crippen MR) is 76.3 cm³/mol. The summed E-state index contributed by atoms with van der Waals surface area (Å²) in [6, 6.07) is 1.39. The first kappa shape index (κ1) is 14.3. The molecule has 0 saturated heterocycles. The van der Waals surface area contributed by atoms with Gasteiger partial charge in [-0.2, -0.15) is 0 Å². The standard InChI is InChI=1S/C13H15N3O3S/c1-3-9-7-10(12(17)19-4-2)11(20-9)15-13(18)16-6-5-14-8-16/h5-8H,3-4H2,1-2H3,(H,15,18). The number of esters is 1. The number of carbonyl (C=O) groups excluding carboxylic acids is 2. The Hall–Kier alpha value is -2.15. The third kappa shape index (κ3) is 3.05. The molecular weight excluding hydrogens is 278 g/mol. The van der Waals surface area contributed by atoms with Gasteiger partial charge >= 0.3 is 12.0 Å². The van der Waals surface area contributed by atoms with E-state index in [1.54, 1.807) is 13.0 Å². The minimum atomic E-state index is -0.426. The summed E-state index contributed by atoms with van der Waals surface area (Å²) in [7, 11) is 0. The van der Waals surface area contributed by atoms with Gasteiger partial charge in [0.1, 0.15) is 11.3 Å². The highest BCUT2D eigenvalue weighted by Gasteiger charge is 2.18. The Labute approximate surface area is 120 Å². The van der Waals surface area contributed by atoms with Crippen LogP contribution in [0.2, 0.25) is 0 Å². The van der Waals surface area contributed by atoms with Crippen LogP contribution < -0.4 is 5.32 Å². The van der Waals surface area contributed by atoms with Crippen LogP contribution in [0.15, 0.2) is 24.8 Å². The van der Waals surface area contributed by atoms with Gasteiger partial charge in [-0.1, -0.05) is 6.92 Å². The highest BCUT2D eigenvalue weighted by atomic mass is 32.1. The molecule has 7 heteroatoms. The van der Waals surface area contributed by atoms with Crippen LogP contribution in [0, 0.1) is 0 Å². The van der Waals surface area contributed by atoms with Crippen LogP contribution in [0.5, 0.6) is 0 Å². The van der Waals surface area contributed by atoms with Crippen LogP contribution in [0.3, 0.4) is 0 Å². The number of thiophene rings is 1. The summed E-state index contributed by atoms with van der Waals surface area (Å²) >= 11 is 1.37. The molecule has 0 aliphatic carbocycles. The van der Waals surface area contributed by atoms with E-state index >= 15 is 0 Å². The van der Waals surface area contributed by atoms with Crippen LogP contribution >= 0.6 is 11.3 Å². The summed E-state index contributed by atoms with van der Waals surface area (Å²) in [4.78, 5) is 28.7. The number of aromatic nitrogens is 2. The second kappa shape index (κ2) is 6.33. The van der Waals surface area contributed by atoms with Crippen LogP contribution in [-0.4, -0.2) is 28.2 Å². The molecule has 106 valence electrons. The lowest BCUT2D eigenvalue weighted by molar-refractivity contribution is 0.0528. The Morgan fingerprint density at radius 1 is 1.45 bits per heavy atom. The number of anilines is 1. The number of hydrogen-bond acceptors (Lipinski definition) is 5. The van der Waals surface area contributed by atoms with Gasteiger partial charge in [0.15, 0.2) is 0 Å². The van der Waals surface area contributed by atoms with Crippen molar-refractivity contribution in [1.29, 1.82) is 0 Å². The highest BCUT2D eigenvalue weighted by molar-refractivity contribution is 7.16. The summed E-state index contributed by atoms with van der Waals surface area (Å²) in [5.74, 6) is -0.426. The van der Waals surface area contributed by atoms with Gasteiger partial charge in [0.05, 0.1) is 12.2 Å². The summed E-state index contributed by atoms with van der Waals surface area (Å²) in [6.45, 7) is 4.03. The Morgan fingerprint density at radius 3 is 2.85 bits per heavy atom. The average Bonchev–Trinajstić information content (AvgIpc) is 3.08. The summed E-state index contributed by atoms with van der Waals surface area (Å²) in [5.41, 5.74) is 0.391. The monoisotopic (exact) mass is 293 g/mol. The maximum Gasteiger partial charge on any atom is 0.341 e. The molecule has 2 aromatic rings. The Kier molecular flexibility index (Phi) is 4.52.